The Morgan fingerprint density at radius 3 is 2.16 bits per heavy atom. The van der Waals surface area contributed by atoms with Crippen LogP contribution in [0.4, 0.5) is 0 Å². The molecule has 0 aliphatic rings. The van der Waals surface area contributed by atoms with Crippen molar-refractivity contribution >= 4 is 11.9 Å². The van der Waals surface area contributed by atoms with E-state index in [-0.39, 0.29) is 19.2 Å². The summed E-state index contributed by atoms with van der Waals surface area (Å²) in [4.78, 5) is 20.4. The second-order valence-electron chi connectivity index (χ2n) is 3.35. The summed E-state index contributed by atoms with van der Waals surface area (Å²) in [5.74, 6) is -1.19. The summed E-state index contributed by atoms with van der Waals surface area (Å²) in [5, 5.41) is 16.6. The first-order valence-corrected chi connectivity index (χ1v) is 5.68. The summed E-state index contributed by atoms with van der Waals surface area (Å²) in [6.45, 7) is 2.24. The van der Waals surface area contributed by atoms with Gasteiger partial charge in [-0.1, -0.05) is 18.2 Å². The number of ether oxygens (including phenoxy) is 2. The normalized spacial score (nSPS) is 9.16. The lowest BCUT2D eigenvalue weighted by atomic mass is 10.2. The van der Waals surface area contributed by atoms with Gasteiger partial charge in [-0.25, -0.2) is 4.79 Å². The Balaban J connectivity index is 0.000000342. The fraction of sp³-hybridized carbons (Fsp3) is 0.385. The van der Waals surface area contributed by atoms with Crippen LogP contribution in [-0.4, -0.2) is 48.6 Å². The maximum absolute atomic E-state index is 10.2. The summed E-state index contributed by atoms with van der Waals surface area (Å²) in [6, 6.07) is 8.30. The average molecular weight is 270 g/mol. The molecule has 0 spiro atoms. The lowest BCUT2D eigenvalue weighted by molar-refractivity contribution is -0.142. The van der Waals surface area contributed by atoms with Crippen molar-refractivity contribution in [3.63, 3.8) is 0 Å². The van der Waals surface area contributed by atoms with E-state index in [0.29, 0.717) is 18.8 Å². The molecule has 1 aromatic rings. The van der Waals surface area contributed by atoms with Gasteiger partial charge in [-0.15, -0.1) is 0 Å². The van der Waals surface area contributed by atoms with E-state index in [4.69, 9.17) is 14.9 Å². The van der Waals surface area contributed by atoms with E-state index < -0.39 is 5.97 Å². The first-order chi connectivity index (χ1) is 9.07. The van der Waals surface area contributed by atoms with Gasteiger partial charge in [0.15, 0.2) is 0 Å². The Bertz CT molecular complexity index is 363. The van der Waals surface area contributed by atoms with Gasteiger partial charge in [-0.05, 0) is 12.1 Å². The number of esters is 1. The number of carboxylic acids is 1. The third-order valence-corrected chi connectivity index (χ3v) is 1.79. The van der Waals surface area contributed by atoms with Crippen molar-refractivity contribution in [1.29, 1.82) is 0 Å². The van der Waals surface area contributed by atoms with Crippen molar-refractivity contribution in [1.82, 2.24) is 0 Å². The molecule has 0 fully saturated rings. The molecule has 0 aliphatic heterocycles. The number of hydrogen-bond donors (Lipinski definition) is 2. The van der Waals surface area contributed by atoms with E-state index in [1.165, 1.54) is 6.92 Å². The molecule has 0 radical (unpaired) electrons. The number of carbonyl (C=O) groups is 2. The van der Waals surface area contributed by atoms with Crippen LogP contribution in [0.2, 0.25) is 0 Å². The molecule has 0 bridgehead atoms. The van der Waals surface area contributed by atoms with Crippen molar-refractivity contribution in [2.45, 2.75) is 6.92 Å². The zero-order valence-electron chi connectivity index (χ0n) is 10.7. The first kappa shape index (κ1) is 17.1. The van der Waals surface area contributed by atoms with Gasteiger partial charge in [0.05, 0.1) is 25.4 Å². The van der Waals surface area contributed by atoms with Gasteiger partial charge < -0.3 is 19.7 Å². The lowest BCUT2D eigenvalue weighted by Gasteiger charge is -2.01. The highest BCUT2D eigenvalue weighted by Gasteiger charge is 1.96. The monoisotopic (exact) mass is 270 g/mol. The van der Waals surface area contributed by atoms with Crippen LogP contribution in [-0.2, 0) is 14.3 Å². The van der Waals surface area contributed by atoms with E-state index in [1.807, 2.05) is 0 Å². The molecule has 2 N–H and O–H groups in total. The molecular formula is C13H18O6. The van der Waals surface area contributed by atoms with E-state index in [2.05, 4.69) is 4.74 Å². The number of carbonyl (C=O) groups excluding carboxylic acids is 1. The number of benzene rings is 1. The molecule has 19 heavy (non-hydrogen) atoms. The second-order valence-corrected chi connectivity index (χ2v) is 3.35. The number of aliphatic hydroxyl groups is 1. The quantitative estimate of drug-likeness (QED) is 0.590. The summed E-state index contributed by atoms with van der Waals surface area (Å²) in [7, 11) is 0. The molecule has 0 aromatic heterocycles. The Labute approximate surface area is 111 Å². The predicted octanol–water partition coefficient (Wildman–Crippen LogP) is 0.943. The zero-order valence-corrected chi connectivity index (χ0v) is 10.7. The van der Waals surface area contributed by atoms with Gasteiger partial charge in [0, 0.05) is 6.92 Å². The third-order valence-electron chi connectivity index (χ3n) is 1.79. The predicted molar refractivity (Wildman–Crippen MR) is 67.9 cm³/mol. The highest BCUT2D eigenvalue weighted by atomic mass is 16.6. The van der Waals surface area contributed by atoms with Gasteiger partial charge >= 0.3 is 11.9 Å². The zero-order chi connectivity index (χ0) is 14.5. The standard InChI is InChI=1S/C7H6O2.C6H12O4/c8-7(9)6-4-2-1-3-5-6;1-6(8)10-5-4-9-3-2-7/h1-5H,(H,8,9);7H,2-5H2,1H3. The molecule has 1 rings (SSSR count). The second kappa shape index (κ2) is 11.2. The Morgan fingerprint density at radius 1 is 1.11 bits per heavy atom. The van der Waals surface area contributed by atoms with Crippen LogP contribution in [0, 0.1) is 0 Å². The number of hydrogen-bond acceptors (Lipinski definition) is 5. The highest BCUT2D eigenvalue weighted by molar-refractivity contribution is 5.87. The minimum Gasteiger partial charge on any atom is -0.478 e. The van der Waals surface area contributed by atoms with Crippen LogP contribution >= 0.6 is 0 Å². The van der Waals surface area contributed by atoms with Gasteiger partial charge in [0.1, 0.15) is 6.61 Å². The summed E-state index contributed by atoms with van der Waals surface area (Å²) in [6.07, 6.45) is 0. The SMILES string of the molecule is CC(=O)OCCOCCO.O=C(O)c1ccccc1. The van der Waals surface area contributed by atoms with Crippen LogP contribution in [0.5, 0.6) is 0 Å². The number of aromatic carboxylic acids is 1. The maximum atomic E-state index is 10.2. The molecule has 0 atom stereocenters. The fourth-order valence-electron chi connectivity index (χ4n) is 0.992. The van der Waals surface area contributed by atoms with E-state index in [0.717, 1.165) is 0 Å². The molecule has 0 unspecified atom stereocenters. The molecule has 0 saturated carbocycles. The molecule has 0 saturated heterocycles. The summed E-state index contributed by atoms with van der Waals surface area (Å²) >= 11 is 0. The van der Waals surface area contributed by atoms with Crippen LogP contribution in [0.1, 0.15) is 17.3 Å². The van der Waals surface area contributed by atoms with Crippen molar-refractivity contribution in [3.8, 4) is 0 Å². The summed E-state index contributed by atoms with van der Waals surface area (Å²) < 4.78 is 9.35. The van der Waals surface area contributed by atoms with Crippen molar-refractivity contribution in [3.05, 3.63) is 35.9 Å². The Morgan fingerprint density at radius 2 is 1.74 bits per heavy atom. The Hall–Kier alpha value is -1.92. The molecule has 1 aromatic carbocycles. The van der Waals surface area contributed by atoms with Gasteiger partial charge in [0.2, 0.25) is 0 Å². The number of rotatable bonds is 6. The van der Waals surface area contributed by atoms with Crippen molar-refractivity contribution in [2.75, 3.05) is 26.4 Å². The average Bonchev–Trinajstić information content (AvgIpc) is 2.40. The fourth-order valence-corrected chi connectivity index (χ4v) is 0.992. The molecule has 106 valence electrons. The first-order valence-electron chi connectivity index (χ1n) is 5.68. The molecular weight excluding hydrogens is 252 g/mol. The van der Waals surface area contributed by atoms with Crippen molar-refractivity contribution < 1.29 is 29.3 Å². The largest absolute Gasteiger partial charge is 0.478 e. The molecule has 6 nitrogen and oxygen atoms in total. The number of carboxylic acid groups (broad SMARTS) is 1. The van der Waals surface area contributed by atoms with Crippen LogP contribution in [0.15, 0.2) is 30.3 Å². The topological polar surface area (TPSA) is 93.1 Å². The molecule has 6 heteroatoms. The van der Waals surface area contributed by atoms with E-state index in [1.54, 1.807) is 30.3 Å². The van der Waals surface area contributed by atoms with Gasteiger partial charge in [-0.3, -0.25) is 4.79 Å². The van der Waals surface area contributed by atoms with Crippen LogP contribution in [0.3, 0.4) is 0 Å². The maximum Gasteiger partial charge on any atom is 0.335 e. The van der Waals surface area contributed by atoms with Gasteiger partial charge in [-0.2, -0.15) is 0 Å². The van der Waals surface area contributed by atoms with E-state index in [9.17, 15) is 9.59 Å². The van der Waals surface area contributed by atoms with Gasteiger partial charge in [0.25, 0.3) is 0 Å². The molecule has 0 amide bonds. The minimum absolute atomic E-state index is 0.0000709. The third kappa shape index (κ3) is 10.9. The smallest absolute Gasteiger partial charge is 0.335 e. The minimum atomic E-state index is -0.879. The van der Waals surface area contributed by atoms with Crippen LogP contribution < -0.4 is 0 Å². The van der Waals surface area contributed by atoms with E-state index >= 15 is 0 Å². The molecule has 0 aliphatic carbocycles. The number of aliphatic hydroxyl groups excluding tert-OH is 1. The lowest BCUT2D eigenvalue weighted by Crippen LogP contribution is -2.09. The Kier molecular flexibility index (Phi) is 10.1. The highest BCUT2D eigenvalue weighted by Crippen LogP contribution is 1.96. The van der Waals surface area contributed by atoms with Crippen LogP contribution in [0.25, 0.3) is 0 Å². The van der Waals surface area contributed by atoms with Crippen molar-refractivity contribution in [2.24, 2.45) is 0 Å². The molecule has 0 heterocycles. The summed E-state index contributed by atoms with van der Waals surface area (Å²) in [5.41, 5.74) is 0.331.